The Kier molecular flexibility index (Phi) is 13.3. The number of aromatic nitrogens is 3. The third kappa shape index (κ3) is 9.34. The Bertz CT molecular complexity index is 3240. The molecule has 0 unspecified atom stereocenters. The van der Waals surface area contributed by atoms with Crippen LogP contribution in [0.25, 0.3) is 83.9 Å². The van der Waals surface area contributed by atoms with E-state index in [4.69, 9.17) is 11.3 Å². The normalized spacial score (nSPS) is 12.1. The fraction of sp³-hybridized carbons (Fsp3) is 0.226. The number of hydrogen-bond acceptors (Lipinski definition) is 3. The van der Waals surface area contributed by atoms with Crippen LogP contribution in [0.2, 0.25) is 0 Å². The van der Waals surface area contributed by atoms with Gasteiger partial charge in [0.15, 0.2) is 0 Å². The van der Waals surface area contributed by atoms with Crippen LogP contribution in [0.3, 0.4) is 0 Å². The Morgan fingerprint density at radius 2 is 1.28 bits per heavy atom. The van der Waals surface area contributed by atoms with Crippen molar-refractivity contribution in [2.75, 3.05) is 0 Å². The maximum absolute atomic E-state index is 12.4. The summed E-state index contributed by atoms with van der Waals surface area (Å²) in [6.07, 6.45) is 2.86. The summed E-state index contributed by atoms with van der Waals surface area (Å²) >= 11 is 0. The third-order valence-electron chi connectivity index (χ3n) is 13.5. The molecule has 5 heteroatoms. The van der Waals surface area contributed by atoms with Crippen molar-refractivity contribution >= 4 is 11.0 Å². The number of pyridine rings is 1. The third-order valence-corrected chi connectivity index (χ3v) is 13.5. The van der Waals surface area contributed by atoms with E-state index >= 15 is 0 Å². The Labute approximate surface area is 413 Å². The van der Waals surface area contributed by atoms with Crippen molar-refractivity contribution in [3.63, 3.8) is 0 Å². The largest absolute Gasteiger partial charge is 0.507 e. The van der Waals surface area contributed by atoms with Gasteiger partial charge in [-0.3, -0.25) is 9.55 Å². The summed E-state index contributed by atoms with van der Waals surface area (Å²) in [5, 5.41) is 12.4. The first-order valence-electron chi connectivity index (χ1n) is 23.9. The monoisotopic (exact) mass is 1060 g/mol. The zero-order valence-electron chi connectivity index (χ0n) is 41.1. The van der Waals surface area contributed by atoms with Crippen molar-refractivity contribution in [2.45, 2.75) is 91.9 Å². The smallest absolute Gasteiger partial charge is 0.148 e. The van der Waals surface area contributed by atoms with E-state index in [0.717, 1.165) is 95.6 Å². The van der Waals surface area contributed by atoms with Crippen molar-refractivity contribution in [2.24, 2.45) is 0 Å². The topological polar surface area (TPSA) is 50.9 Å². The van der Waals surface area contributed by atoms with E-state index in [9.17, 15) is 5.11 Å². The van der Waals surface area contributed by atoms with Gasteiger partial charge in [-0.1, -0.05) is 194 Å². The average molecular weight is 1060 g/mol. The van der Waals surface area contributed by atoms with Crippen LogP contribution in [-0.2, 0) is 26.5 Å². The van der Waals surface area contributed by atoms with E-state index < -0.39 is 5.89 Å². The SMILES string of the molecule is [2H]C(C)(C)c1ccc(-c2ccnc(-c3[c-]c(-c4cccc5c4nc(-c4cc(C(C)C)cc(C(C)C)c4O)n5-c4ccc(C(C)(C)CC)cc4-c4ccccc4)cc(-c4ccccc4)c3)c2)cc1.[Pt]. The predicted molar refractivity (Wildman–Crippen MR) is 278 cm³/mol. The van der Waals surface area contributed by atoms with Gasteiger partial charge in [0.25, 0.3) is 0 Å². The van der Waals surface area contributed by atoms with Crippen LogP contribution in [0, 0.1) is 6.07 Å². The van der Waals surface area contributed by atoms with Crippen molar-refractivity contribution in [3.05, 3.63) is 192 Å². The molecular formula is C62H60N3OPt-. The first-order chi connectivity index (χ1) is 32.1. The molecule has 0 radical (unpaired) electrons. The van der Waals surface area contributed by atoms with Gasteiger partial charge in [-0.2, -0.15) is 0 Å². The second-order valence-corrected chi connectivity index (χ2v) is 19.2. The second kappa shape index (κ2) is 19.5. The van der Waals surface area contributed by atoms with Crippen LogP contribution in [0.1, 0.15) is 110 Å². The molecule has 340 valence electrons. The maximum Gasteiger partial charge on any atom is 0.148 e. The molecule has 0 bridgehead atoms. The summed E-state index contributed by atoms with van der Waals surface area (Å²) in [5.41, 5.74) is 17.6. The molecular weight excluding hydrogens is 998 g/mol. The van der Waals surface area contributed by atoms with E-state index in [0.29, 0.717) is 11.4 Å². The molecule has 0 spiro atoms. The minimum atomic E-state index is -0.680. The van der Waals surface area contributed by atoms with E-state index in [-0.39, 0.29) is 44.1 Å². The Morgan fingerprint density at radius 3 is 1.94 bits per heavy atom. The van der Waals surface area contributed by atoms with Gasteiger partial charge in [0.05, 0.1) is 22.3 Å². The summed E-state index contributed by atoms with van der Waals surface area (Å²) in [6.45, 7) is 19.4. The summed E-state index contributed by atoms with van der Waals surface area (Å²) in [7, 11) is 0. The number of nitrogens with zero attached hydrogens (tertiary/aromatic N) is 3. The fourth-order valence-electron chi connectivity index (χ4n) is 8.97. The number of fused-ring (bicyclic) bond motifs is 1. The van der Waals surface area contributed by atoms with Gasteiger partial charge in [-0.05, 0) is 104 Å². The van der Waals surface area contributed by atoms with Crippen LogP contribution in [0.4, 0.5) is 0 Å². The van der Waals surface area contributed by atoms with E-state index in [2.05, 4.69) is 193 Å². The number of phenols is 1. The van der Waals surface area contributed by atoms with Crippen molar-refractivity contribution < 1.29 is 27.5 Å². The van der Waals surface area contributed by atoms with Gasteiger partial charge < -0.3 is 5.11 Å². The van der Waals surface area contributed by atoms with Crippen LogP contribution >= 0.6 is 0 Å². The number of phenolic OH excluding ortho intramolecular Hbond substituents is 1. The predicted octanol–water partition coefficient (Wildman–Crippen LogP) is 17.0. The molecule has 2 heterocycles. The number of imidazole rings is 1. The Balaban J connectivity index is 0.00000625. The van der Waals surface area contributed by atoms with Gasteiger partial charge in [0.1, 0.15) is 11.6 Å². The summed E-state index contributed by atoms with van der Waals surface area (Å²) < 4.78 is 10.8. The molecule has 0 amide bonds. The molecule has 0 saturated carbocycles. The van der Waals surface area contributed by atoms with Gasteiger partial charge in [0, 0.05) is 39.9 Å². The molecule has 7 aromatic carbocycles. The Hall–Kier alpha value is -6.35. The van der Waals surface area contributed by atoms with E-state index in [1.807, 2.05) is 44.3 Å². The first kappa shape index (κ1) is 45.8. The average Bonchev–Trinajstić information content (AvgIpc) is 3.73. The Morgan fingerprint density at radius 1 is 0.612 bits per heavy atom. The van der Waals surface area contributed by atoms with Crippen LogP contribution in [0.15, 0.2) is 164 Å². The van der Waals surface area contributed by atoms with Gasteiger partial charge >= 0.3 is 0 Å². The second-order valence-electron chi connectivity index (χ2n) is 19.2. The zero-order valence-corrected chi connectivity index (χ0v) is 42.3. The first-order valence-corrected chi connectivity index (χ1v) is 23.4. The number of para-hydroxylation sites is 1. The van der Waals surface area contributed by atoms with Crippen molar-refractivity contribution in [3.8, 4) is 78.6 Å². The number of benzene rings is 7. The fourth-order valence-corrected chi connectivity index (χ4v) is 8.97. The number of rotatable bonds is 12. The van der Waals surface area contributed by atoms with Crippen LogP contribution < -0.4 is 0 Å². The van der Waals surface area contributed by atoms with Gasteiger partial charge in [-0.25, -0.2) is 4.98 Å². The summed E-state index contributed by atoms with van der Waals surface area (Å²) in [5.74, 6) is 0.582. The summed E-state index contributed by atoms with van der Waals surface area (Å²) in [4.78, 5) is 10.6. The molecule has 0 atom stereocenters. The molecule has 2 aromatic heterocycles. The maximum atomic E-state index is 12.4. The minimum absolute atomic E-state index is 0. The molecule has 9 rings (SSSR count). The molecule has 9 aromatic rings. The quantitative estimate of drug-likeness (QED) is 0.124. The van der Waals surface area contributed by atoms with Crippen LogP contribution in [-0.4, -0.2) is 19.6 Å². The molecule has 1 N–H and O–H groups in total. The van der Waals surface area contributed by atoms with E-state index in [1.54, 1.807) is 0 Å². The zero-order chi connectivity index (χ0) is 47.2. The van der Waals surface area contributed by atoms with E-state index in [1.165, 1.54) is 5.56 Å². The molecule has 67 heavy (non-hydrogen) atoms. The summed E-state index contributed by atoms with van der Waals surface area (Å²) in [6, 6.07) is 59.3. The van der Waals surface area contributed by atoms with Crippen molar-refractivity contribution in [1.29, 1.82) is 0 Å². The number of aromatic hydroxyl groups is 1. The molecule has 0 aliphatic rings. The molecule has 0 saturated heterocycles. The molecule has 0 aliphatic heterocycles. The van der Waals surface area contributed by atoms with Crippen LogP contribution in [0.5, 0.6) is 5.75 Å². The standard InChI is InChI=1S/C62H60N3O.Pt/c1-10-62(8,9)51-28-29-57(54(38-51)45-20-15-12-16-21-45)65-58-23-17-22-52(59(58)64-61(65)55-36-47(40(4)5)35-53(41(6)7)60(55)66)49-32-48(43-18-13-11-14-19-43)33-50(34-49)56-37-46(30-31-63-56)44-26-24-42(25-27-44)39(2)3;/h11-33,35-41,66H,10H2,1-9H3;/q-1;/i39D;. The molecule has 0 fully saturated rings. The minimum Gasteiger partial charge on any atom is -0.507 e. The number of hydrogen-bond donors (Lipinski definition) is 1. The molecule has 0 aliphatic carbocycles. The molecule has 4 nitrogen and oxygen atoms in total. The van der Waals surface area contributed by atoms with Gasteiger partial charge in [0.2, 0.25) is 0 Å². The van der Waals surface area contributed by atoms with Gasteiger partial charge in [-0.15, -0.1) is 23.8 Å². The van der Waals surface area contributed by atoms with Crippen molar-refractivity contribution in [1.82, 2.24) is 14.5 Å².